The van der Waals surface area contributed by atoms with E-state index in [9.17, 15) is 17.6 Å². The third-order valence-corrected chi connectivity index (χ3v) is 2.99. The zero-order valence-corrected chi connectivity index (χ0v) is 12.3. The lowest BCUT2D eigenvalue weighted by Crippen LogP contribution is -2.21. The van der Waals surface area contributed by atoms with Crippen LogP contribution in [0.3, 0.4) is 0 Å². The predicted octanol–water partition coefficient (Wildman–Crippen LogP) is 3.16. The van der Waals surface area contributed by atoms with E-state index in [1.807, 2.05) is 0 Å². The van der Waals surface area contributed by atoms with Gasteiger partial charge in [0.25, 0.3) is 12.3 Å². The highest BCUT2D eigenvalue weighted by molar-refractivity contribution is 5.59. The van der Waals surface area contributed by atoms with Crippen LogP contribution in [0.1, 0.15) is 19.2 Å². The van der Waals surface area contributed by atoms with Gasteiger partial charge in [-0.2, -0.15) is 9.61 Å². The Hall–Kier alpha value is -2.78. The Balaban J connectivity index is 1.86. The van der Waals surface area contributed by atoms with E-state index in [0.29, 0.717) is 11.3 Å². The second-order valence-electron chi connectivity index (χ2n) is 5.09. The first-order valence-electron chi connectivity index (χ1n) is 6.81. The van der Waals surface area contributed by atoms with Gasteiger partial charge in [0.2, 0.25) is 11.7 Å². The Labute approximate surface area is 133 Å². The first-order chi connectivity index (χ1) is 11.3. The van der Waals surface area contributed by atoms with E-state index in [1.165, 1.54) is 24.4 Å². The van der Waals surface area contributed by atoms with Crippen LogP contribution in [-0.4, -0.2) is 37.3 Å². The van der Waals surface area contributed by atoms with Crippen LogP contribution in [-0.2, 0) is 0 Å². The molecular weight excluding hydrogens is 330 g/mol. The molecule has 3 aromatic rings. The molecule has 0 atom stereocenters. The highest BCUT2D eigenvalue weighted by Crippen LogP contribution is 2.22. The fraction of sp³-hybridized carbons (Fsp3) is 0.286. The molecule has 0 N–H and O–H groups in total. The normalized spacial score (nSPS) is 12.1. The van der Waals surface area contributed by atoms with E-state index in [1.54, 1.807) is 6.07 Å². The number of fused-ring (bicyclic) bond motifs is 1. The van der Waals surface area contributed by atoms with Crippen molar-refractivity contribution in [2.45, 2.75) is 19.3 Å². The molecule has 3 heterocycles. The van der Waals surface area contributed by atoms with Gasteiger partial charge >= 0.3 is 0 Å². The fourth-order valence-electron chi connectivity index (χ4n) is 1.91. The lowest BCUT2D eigenvalue weighted by Gasteiger charge is -2.11. The van der Waals surface area contributed by atoms with Crippen molar-refractivity contribution >= 4 is 5.65 Å². The Morgan fingerprint density at radius 1 is 1.17 bits per heavy atom. The molecule has 0 unspecified atom stereocenters. The third kappa shape index (κ3) is 3.42. The molecule has 126 valence electrons. The smallest absolute Gasteiger partial charge is 0.299 e. The molecule has 0 aliphatic heterocycles. The average Bonchev–Trinajstić information content (AvgIpc) is 2.96. The number of aromatic nitrogens is 5. The molecule has 0 fully saturated rings. The Morgan fingerprint density at radius 2 is 1.96 bits per heavy atom. The first-order valence-corrected chi connectivity index (χ1v) is 6.81. The molecule has 10 heteroatoms. The van der Waals surface area contributed by atoms with Crippen molar-refractivity contribution < 1.29 is 22.3 Å². The average molecular weight is 341 g/mol. The number of rotatable bonds is 5. The molecule has 0 bridgehead atoms. The third-order valence-electron chi connectivity index (χ3n) is 2.99. The summed E-state index contributed by atoms with van der Waals surface area (Å²) in [7, 11) is 0. The highest BCUT2D eigenvalue weighted by Gasteiger charge is 2.22. The van der Waals surface area contributed by atoms with E-state index in [2.05, 4.69) is 20.3 Å². The van der Waals surface area contributed by atoms with Gasteiger partial charge in [-0.05, 0) is 18.2 Å². The molecule has 0 aliphatic carbocycles. The van der Waals surface area contributed by atoms with Crippen LogP contribution in [0.25, 0.3) is 16.9 Å². The maximum Gasteiger partial charge on any atom is 0.299 e. The number of hydrogen-bond acceptors (Lipinski definition) is 5. The summed E-state index contributed by atoms with van der Waals surface area (Å²) >= 11 is 0. The number of halogens is 4. The molecule has 3 aromatic heterocycles. The summed E-state index contributed by atoms with van der Waals surface area (Å²) in [6.45, 7) is -0.0533. The molecule has 0 amide bonds. The molecule has 0 saturated carbocycles. The van der Waals surface area contributed by atoms with E-state index >= 15 is 0 Å². The largest absolute Gasteiger partial charge is 0.471 e. The number of ether oxygens (including phenoxy) is 1. The van der Waals surface area contributed by atoms with Crippen LogP contribution in [0, 0.1) is 0 Å². The van der Waals surface area contributed by atoms with Crippen LogP contribution >= 0.6 is 0 Å². The van der Waals surface area contributed by atoms with Crippen LogP contribution in [0.4, 0.5) is 17.6 Å². The second-order valence-corrected chi connectivity index (χ2v) is 5.09. The van der Waals surface area contributed by atoms with Gasteiger partial charge < -0.3 is 4.74 Å². The molecule has 6 nitrogen and oxygen atoms in total. The van der Waals surface area contributed by atoms with Crippen molar-refractivity contribution in [1.82, 2.24) is 24.8 Å². The number of nitrogens with zero attached hydrogens (tertiary/aromatic N) is 5. The molecule has 0 spiro atoms. The summed E-state index contributed by atoms with van der Waals surface area (Å²) in [5, 5.41) is 11.0. The Kier molecular flexibility index (Phi) is 4.04. The van der Waals surface area contributed by atoms with Gasteiger partial charge in [-0.1, -0.05) is 0 Å². The molecule has 24 heavy (non-hydrogen) atoms. The van der Waals surface area contributed by atoms with Crippen molar-refractivity contribution in [3.63, 3.8) is 0 Å². The van der Waals surface area contributed by atoms with E-state index in [-0.39, 0.29) is 11.5 Å². The van der Waals surface area contributed by atoms with Gasteiger partial charge in [-0.25, -0.2) is 22.5 Å². The molecule has 0 aromatic carbocycles. The van der Waals surface area contributed by atoms with E-state index < -0.39 is 24.8 Å². The van der Waals surface area contributed by atoms with Crippen molar-refractivity contribution in [2.24, 2.45) is 0 Å². The Morgan fingerprint density at radius 3 is 2.58 bits per heavy atom. The molecular formula is C14H11F4N5O. The summed E-state index contributed by atoms with van der Waals surface area (Å²) in [6, 6.07) is 5.99. The van der Waals surface area contributed by atoms with Gasteiger partial charge in [0.05, 0.1) is 5.69 Å². The zero-order valence-electron chi connectivity index (χ0n) is 12.3. The summed E-state index contributed by atoms with van der Waals surface area (Å²) in [4.78, 5) is 3.90. The minimum atomic E-state index is -2.97. The van der Waals surface area contributed by atoms with Crippen molar-refractivity contribution in [1.29, 1.82) is 0 Å². The van der Waals surface area contributed by atoms with Gasteiger partial charge in [-0.3, -0.25) is 0 Å². The fourth-order valence-corrected chi connectivity index (χ4v) is 1.91. The van der Waals surface area contributed by atoms with Gasteiger partial charge in [0.15, 0.2) is 12.3 Å². The van der Waals surface area contributed by atoms with Crippen molar-refractivity contribution in [3.8, 4) is 17.1 Å². The maximum absolute atomic E-state index is 12.8. The molecule has 3 rings (SSSR count). The minimum absolute atomic E-state index is 0.0268. The van der Waals surface area contributed by atoms with Crippen molar-refractivity contribution in [3.05, 3.63) is 36.3 Å². The standard InChI is InChI=1S/C14H11F4N5O/c1-14(17,18)7-24-11-5-2-8(6-19-11)9-3-4-10-20-21-13(12(15)16)23(10)22-9/h2-6,12H,7H2,1H3. The lowest BCUT2D eigenvalue weighted by atomic mass is 10.2. The SMILES string of the molecule is CC(F)(F)COc1ccc(-c2ccc3nnc(C(F)F)n3n2)cn1. The van der Waals surface area contributed by atoms with Crippen LogP contribution < -0.4 is 4.74 Å². The summed E-state index contributed by atoms with van der Waals surface area (Å²) in [5.74, 6) is -3.50. The summed E-state index contributed by atoms with van der Waals surface area (Å²) in [5.41, 5.74) is 1.04. The van der Waals surface area contributed by atoms with Crippen LogP contribution in [0.15, 0.2) is 30.5 Å². The lowest BCUT2D eigenvalue weighted by molar-refractivity contribution is -0.0242. The molecule has 0 saturated heterocycles. The quantitative estimate of drug-likeness (QED) is 0.667. The van der Waals surface area contributed by atoms with Gasteiger partial charge in [0, 0.05) is 24.8 Å². The number of hydrogen-bond donors (Lipinski definition) is 0. The minimum Gasteiger partial charge on any atom is -0.471 e. The zero-order chi connectivity index (χ0) is 17.3. The topological polar surface area (TPSA) is 65.2 Å². The summed E-state index contributed by atoms with van der Waals surface area (Å²) < 4.78 is 57.0. The maximum atomic E-state index is 12.8. The number of pyridine rings is 1. The van der Waals surface area contributed by atoms with Gasteiger partial charge in [-0.15, -0.1) is 10.2 Å². The monoisotopic (exact) mass is 341 g/mol. The first kappa shape index (κ1) is 16.1. The number of alkyl halides is 4. The highest BCUT2D eigenvalue weighted by atomic mass is 19.3. The van der Waals surface area contributed by atoms with Crippen molar-refractivity contribution in [2.75, 3.05) is 6.61 Å². The van der Waals surface area contributed by atoms with Crippen LogP contribution in [0.2, 0.25) is 0 Å². The van der Waals surface area contributed by atoms with Crippen LogP contribution in [0.5, 0.6) is 5.88 Å². The Bertz CT molecular complexity index is 844. The van der Waals surface area contributed by atoms with Gasteiger partial charge in [0.1, 0.15) is 0 Å². The summed E-state index contributed by atoms with van der Waals surface area (Å²) in [6.07, 6.45) is -1.46. The van der Waals surface area contributed by atoms with E-state index in [4.69, 9.17) is 4.74 Å². The predicted molar refractivity (Wildman–Crippen MR) is 75.1 cm³/mol. The second kappa shape index (κ2) is 6.02. The molecule has 0 radical (unpaired) electrons. The van der Waals surface area contributed by atoms with E-state index in [0.717, 1.165) is 11.4 Å². The molecule has 0 aliphatic rings.